The van der Waals surface area contributed by atoms with E-state index in [0.717, 1.165) is 23.7 Å². The molecule has 0 spiro atoms. The SMILES string of the molecule is CCC1=C(/C=C\CCl)C(C)c2ncc(Br)cc2CC1. The predicted octanol–water partition coefficient (Wildman–Crippen LogP) is 5.40. The highest BCUT2D eigenvalue weighted by Gasteiger charge is 2.21. The molecule has 1 unspecified atom stereocenters. The molecule has 0 bridgehead atoms. The Balaban J connectivity index is 2.46. The summed E-state index contributed by atoms with van der Waals surface area (Å²) in [5, 5.41) is 0. The van der Waals surface area contributed by atoms with Gasteiger partial charge in [0.25, 0.3) is 0 Å². The van der Waals surface area contributed by atoms with Gasteiger partial charge in [-0.1, -0.05) is 31.6 Å². The molecule has 1 atom stereocenters. The molecule has 0 saturated heterocycles. The third-order valence-electron chi connectivity index (χ3n) is 3.76. The van der Waals surface area contributed by atoms with Crippen LogP contribution in [0, 0.1) is 0 Å². The van der Waals surface area contributed by atoms with Gasteiger partial charge < -0.3 is 0 Å². The van der Waals surface area contributed by atoms with Crippen molar-refractivity contribution < 1.29 is 0 Å². The van der Waals surface area contributed by atoms with Gasteiger partial charge in [0.05, 0.1) is 5.69 Å². The third-order valence-corrected chi connectivity index (χ3v) is 4.37. The van der Waals surface area contributed by atoms with Crippen LogP contribution >= 0.6 is 27.5 Å². The van der Waals surface area contributed by atoms with Gasteiger partial charge in [-0.3, -0.25) is 4.98 Å². The molecule has 1 heterocycles. The number of fused-ring (bicyclic) bond motifs is 1. The predicted molar refractivity (Wildman–Crippen MR) is 85.9 cm³/mol. The quantitative estimate of drug-likeness (QED) is 0.672. The normalized spacial score (nSPS) is 19.7. The van der Waals surface area contributed by atoms with Crippen molar-refractivity contribution in [3.05, 3.63) is 51.3 Å². The molecular formula is C16H19BrClN. The van der Waals surface area contributed by atoms with Gasteiger partial charge in [-0.05, 0) is 52.4 Å². The van der Waals surface area contributed by atoms with Crippen molar-refractivity contribution in [3.8, 4) is 0 Å². The molecule has 19 heavy (non-hydrogen) atoms. The molecule has 3 heteroatoms. The Kier molecular flexibility index (Phi) is 5.23. The van der Waals surface area contributed by atoms with E-state index in [2.05, 4.69) is 46.9 Å². The minimum Gasteiger partial charge on any atom is -0.259 e. The van der Waals surface area contributed by atoms with Crippen molar-refractivity contribution >= 4 is 27.5 Å². The zero-order valence-electron chi connectivity index (χ0n) is 11.4. The van der Waals surface area contributed by atoms with Crippen molar-refractivity contribution in [2.45, 2.75) is 39.0 Å². The summed E-state index contributed by atoms with van der Waals surface area (Å²) < 4.78 is 1.07. The number of hydrogen-bond donors (Lipinski definition) is 0. The van der Waals surface area contributed by atoms with Crippen molar-refractivity contribution in [2.75, 3.05) is 5.88 Å². The van der Waals surface area contributed by atoms with Crippen LogP contribution in [0.15, 0.2) is 40.0 Å². The van der Waals surface area contributed by atoms with E-state index < -0.39 is 0 Å². The fraction of sp³-hybridized carbons (Fsp3) is 0.438. The molecule has 0 radical (unpaired) electrons. The van der Waals surface area contributed by atoms with Crippen molar-refractivity contribution in [3.63, 3.8) is 0 Å². The molecule has 1 aromatic heterocycles. The first kappa shape index (κ1) is 14.8. The van der Waals surface area contributed by atoms with Crippen molar-refractivity contribution in [2.24, 2.45) is 0 Å². The first-order chi connectivity index (χ1) is 9.17. The summed E-state index contributed by atoms with van der Waals surface area (Å²) in [5.74, 6) is 0.911. The number of aryl methyl sites for hydroxylation is 1. The van der Waals surface area contributed by atoms with E-state index in [1.165, 1.54) is 22.4 Å². The lowest BCUT2D eigenvalue weighted by atomic mass is 9.91. The highest BCUT2D eigenvalue weighted by Crippen LogP contribution is 2.36. The topological polar surface area (TPSA) is 12.9 Å². The average molecular weight is 341 g/mol. The van der Waals surface area contributed by atoms with Gasteiger partial charge >= 0.3 is 0 Å². The maximum atomic E-state index is 5.79. The number of pyridine rings is 1. The highest BCUT2D eigenvalue weighted by molar-refractivity contribution is 9.10. The van der Waals surface area contributed by atoms with Gasteiger partial charge in [-0.15, -0.1) is 11.6 Å². The average Bonchev–Trinajstić information content (AvgIpc) is 2.53. The summed E-state index contributed by atoms with van der Waals surface area (Å²) in [6.45, 7) is 4.48. The van der Waals surface area contributed by atoms with Crippen LogP contribution in [0.3, 0.4) is 0 Å². The summed E-state index contributed by atoms with van der Waals surface area (Å²) in [5.41, 5.74) is 5.50. The van der Waals surface area contributed by atoms with Crippen molar-refractivity contribution in [1.29, 1.82) is 0 Å². The number of allylic oxidation sites excluding steroid dienone is 4. The first-order valence-corrected chi connectivity index (χ1v) is 8.08. The van der Waals surface area contributed by atoms with E-state index in [1.54, 1.807) is 0 Å². The van der Waals surface area contributed by atoms with Gasteiger partial charge in [0.2, 0.25) is 0 Å². The molecule has 1 nitrogen and oxygen atoms in total. The van der Waals surface area contributed by atoms with E-state index in [-0.39, 0.29) is 0 Å². The molecule has 0 aromatic carbocycles. The second-order valence-corrected chi connectivity index (χ2v) is 6.11. The summed E-state index contributed by atoms with van der Waals surface area (Å²) in [6, 6.07) is 2.21. The Morgan fingerprint density at radius 2 is 2.26 bits per heavy atom. The van der Waals surface area contributed by atoms with Gasteiger partial charge in [0.15, 0.2) is 0 Å². The first-order valence-electron chi connectivity index (χ1n) is 6.76. The second-order valence-electron chi connectivity index (χ2n) is 4.89. The Hall–Kier alpha value is -0.600. The number of aromatic nitrogens is 1. The largest absolute Gasteiger partial charge is 0.259 e. The Morgan fingerprint density at radius 3 is 2.95 bits per heavy atom. The molecule has 1 aliphatic rings. The van der Waals surface area contributed by atoms with Crippen LogP contribution < -0.4 is 0 Å². The summed E-state index contributed by atoms with van der Waals surface area (Å²) in [7, 11) is 0. The Labute approximate surface area is 128 Å². The molecule has 0 N–H and O–H groups in total. The van der Waals surface area contributed by atoms with Gasteiger partial charge in [0, 0.05) is 22.5 Å². The molecule has 0 saturated carbocycles. The second kappa shape index (κ2) is 6.71. The van der Waals surface area contributed by atoms with Crippen LogP contribution in [0.2, 0.25) is 0 Å². The van der Waals surface area contributed by atoms with Crippen LogP contribution in [0.5, 0.6) is 0 Å². The van der Waals surface area contributed by atoms with Gasteiger partial charge in [0.1, 0.15) is 0 Å². The van der Waals surface area contributed by atoms with Crippen LogP contribution in [-0.4, -0.2) is 10.9 Å². The van der Waals surface area contributed by atoms with E-state index in [9.17, 15) is 0 Å². The molecular weight excluding hydrogens is 322 g/mol. The fourth-order valence-electron chi connectivity index (χ4n) is 2.78. The monoisotopic (exact) mass is 339 g/mol. The minimum absolute atomic E-state index is 0.347. The van der Waals surface area contributed by atoms with E-state index in [0.29, 0.717) is 11.8 Å². The zero-order valence-corrected chi connectivity index (χ0v) is 13.8. The maximum Gasteiger partial charge on any atom is 0.0508 e. The number of halogens is 2. The Bertz CT molecular complexity index is 519. The van der Waals surface area contributed by atoms with Crippen LogP contribution in [0.1, 0.15) is 43.9 Å². The van der Waals surface area contributed by atoms with Gasteiger partial charge in [-0.25, -0.2) is 0 Å². The molecule has 0 fully saturated rings. The number of hydrogen-bond acceptors (Lipinski definition) is 1. The molecule has 0 amide bonds. The molecule has 2 rings (SSSR count). The fourth-order valence-corrected chi connectivity index (χ4v) is 3.25. The van der Waals surface area contributed by atoms with E-state index in [4.69, 9.17) is 11.6 Å². The maximum absolute atomic E-state index is 5.79. The molecule has 102 valence electrons. The van der Waals surface area contributed by atoms with E-state index >= 15 is 0 Å². The number of rotatable bonds is 3. The standard InChI is InChI=1S/C16H19BrClN/c1-3-12-6-7-13-9-14(17)10-19-16(13)11(2)15(12)5-4-8-18/h4-5,9-11H,3,6-8H2,1-2H3/b5-4-. The number of nitrogens with zero attached hydrogens (tertiary/aromatic N) is 1. The zero-order chi connectivity index (χ0) is 13.8. The molecule has 1 aliphatic carbocycles. The minimum atomic E-state index is 0.347. The molecule has 1 aromatic rings. The van der Waals surface area contributed by atoms with Gasteiger partial charge in [-0.2, -0.15) is 0 Å². The lowest BCUT2D eigenvalue weighted by molar-refractivity contribution is 0.846. The lowest BCUT2D eigenvalue weighted by Gasteiger charge is -2.16. The number of alkyl halides is 1. The van der Waals surface area contributed by atoms with Crippen LogP contribution in [-0.2, 0) is 6.42 Å². The van der Waals surface area contributed by atoms with Crippen LogP contribution in [0.25, 0.3) is 0 Å². The van der Waals surface area contributed by atoms with Crippen molar-refractivity contribution in [1.82, 2.24) is 4.98 Å². The Morgan fingerprint density at radius 1 is 1.47 bits per heavy atom. The third kappa shape index (κ3) is 3.29. The van der Waals surface area contributed by atoms with Crippen LogP contribution in [0.4, 0.5) is 0 Å². The summed E-state index contributed by atoms with van der Waals surface area (Å²) in [4.78, 5) is 4.64. The highest BCUT2D eigenvalue weighted by atomic mass is 79.9. The smallest absolute Gasteiger partial charge is 0.0508 e. The lowest BCUT2D eigenvalue weighted by Crippen LogP contribution is -2.02. The summed E-state index contributed by atoms with van der Waals surface area (Å²) >= 11 is 9.31. The summed E-state index contributed by atoms with van der Waals surface area (Å²) in [6.07, 6.45) is 9.42. The molecule has 0 aliphatic heterocycles. The van der Waals surface area contributed by atoms with E-state index in [1.807, 2.05) is 12.3 Å².